The first-order valence-corrected chi connectivity index (χ1v) is 19.4. The summed E-state index contributed by atoms with van der Waals surface area (Å²) >= 11 is 0. The van der Waals surface area contributed by atoms with Crippen LogP contribution in [0, 0.1) is 41.5 Å². The second kappa shape index (κ2) is 16.8. The van der Waals surface area contributed by atoms with Crippen molar-refractivity contribution in [1.29, 1.82) is 0 Å². The predicted octanol–water partition coefficient (Wildman–Crippen LogP) is 14.1. The summed E-state index contributed by atoms with van der Waals surface area (Å²) < 4.78 is 10.8. The highest BCUT2D eigenvalue weighted by molar-refractivity contribution is 5.83. The minimum atomic E-state index is 0.596. The number of ether oxygens (including phenoxy) is 2. The molecule has 4 nitrogen and oxygen atoms in total. The summed E-state index contributed by atoms with van der Waals surface area (Å²) in [4.78, 5) is 4.71. The zero-order valence-corrected chi connectivity index (χ0v) is 34.0. The maximum Gasteiger partial charge on any atom is 0.0713 e. The fraction of sp³-hybridized carbons (Fsp3) is 0.192. The van der Waals surface area contributed by atoms with E-state index < -0.39 is 0 Å². The number of rotatable bonds is 12. The van der Waals surface area contributed by atoms with Crippen molar-refractivity contribution >= 4 is 34.1 Å². The second-order valence-electron chi connectivity index (χ2n) is 15.0. The molecular formula is C52H52N2O2. The summed E-state index contributed by atoms with van der Waals surface area (Å²) in [7, 11) is 3.47. The Morgan fingerprint density at radius 1 is 0.321 bits per heavy atom. The van der Waals surface area contributed by atoms with E-state index in [9.17, 15) is 0 Å². The average Bonchev–Trinajstić information content (AvgIpc) is 3.20. The Labute approximate surface area is 333 Å². The Bertz CT molecular complexity index is 2270. The number of anilines is 6. The summed E-state index contributed by atoms with van der Waals surface area (Å²) in [5.74, 6) is 0. The molecule has 0 N–H and O–H groups in total. The molecule has 4 heteroatoms. The van der Waals surface area contributed by atoms with Crippen LogP contribution < -0.4 is 9.80 Å². The zero-order valence-electron chi connectivity index (χ0n) is 34.0. The SMILES string of the molecule is COCc1ccc(N(c2ccc(C)c(C)c2)c2ccc(-c3ccc(-c4ccc(N(c5ccc(COC)cc5)c5ccc(C)c(C)c5)c(C)c4)cc3)cc2C)cc1. The highest BCUT2D eigenvalue weighted by Gasteiger charge is 2.18. The van der Waals surface area contributed by atoms with Gasteiger partial charge in [0.15, 0.2) is 0 Å². The number of aryl methyl sites for hydroxylation is 6. The van der Waals surface area contributed by atoms with E-state index in [0.717, 1.165) is 45.3 Å². The summed E-state index contributed by atoms with van der Waals surface area (Å²) in [6.45, 7) is 14.3. The van der Waals surface area contributed by atoms with Crippen molar-refractivity contribution in [2.45, 2.75) is 54.8 Å². The molecular weight excluding hydrogens is 685 g/mol. The molecule has 0 unspecified atom stereocenters. The molecule has 7 rings (SSSR count). The molecule has 0 aliphatic heterocycles. The molecule has 0 bridgehead atoms. The van der Waals surface area contributed by atoms with E-state index in [1.807, 2.05) is 0 Å². The molecule has 0 heterocycles. The minimum absolute atomic E-state index is 0.596. The van der Waals surface area contributed by atoms with Crippen molar-refractivity contribution in [3.8, 4) is 22.3 Å². The molecule has 0 atom stereocenters. The first kappa shape index (κ1) is 38.3. The van der Waals surface area contributed by atoms with E-state index in [1.54, 1.807) is 14.2 Å². The fourth-order valence-electron chi connectivity index (χ4n) is 7.43. The van der Waals surface area contributed by atoms with Crippen LogP contribution in [0.3, 0.4) is 0 Å². The van der Waals surface area contributed by atoms with Crippen LogP contribution >= 0.6 is 0 Å². The Morgan fingerprint density at radius 2 is 0.661 bits per heavy atom. The van der Waals surface area contributed by atoms with Crippen molar-refractivity contribution < 1.29 is 9.47 Å². The molecule has 7 aromatic rings. The van der Waals surface area contributed by atoms with Crippen LogP contribution in [-0.4, -0.2) is 14.2 Å². The van der Waals surface area contributed by atoms with Gasteiger partial charge in [0.05, 0.1) is 13.2 Å². The molecule has 0 saturated heterocycles. The van der Waals surface area contributed by atoms with Crippen molar-refractivity contribution in [2.75, 3.05) is 24.0 Å². The van der Waals surface area contributed by atoms with Crippen LogP contribution in [0.5, 0.6) is 0 Å². The van der Waals surface area contributed by atoms with Gasteiger partial charge >= 0.3 is 0 Å². The van der Waals surface area contributed by atoms with Gasteiger partial charge in [-0.15, -0.1) is 0 Å². The topological polar surface area (TPSA) is 24.9 Å². The van der Waals surface area contributed by atoms with Crippen molar-refractivity contribution in [2.24, 2.45) is 0 Å². The van der Waals surface area contributed by atoms with Crippen LogP contribution in [0.1, 0.15) is 44.5 Å². The maximum atomic E-state index is 5.38. The third-order valence-corrected chi connectivity index (χ3v) is 10.9. The molecule has 282 valence electrons. The number of hydrogen-bond donors (Lipinski definition) is 0. The summed E-state index contributed by atoms with van der Waals surface area (Å²) in [5.41, 5.74) is 21.4. The largest absolute Gasteiger partial charge is 0.380 e. The van der Waals surface area contributed by atoms with Crippen LogP contribution in [0.4, 0.5) is 34.1 Å². The van der Waals surface area contributed by atoms with Gasteiger partial charge in [-0.1, -0.05) is 72.8 Å². The molecule has 56 heavy (non-hydrogen) atoms. The first-order chi connectivity index (χ1) is 27.1. The highest BCUT2D eigenvalue weighted by atomic mass is 16.5. The first-order valence-electron chi connectivity index (χ1n) is 19.4. The summed E-state index contributed by atoms with van der Waals surface area (Å²) in [5, 5.41) is 0. The van der Waals surface area contributed by atoms with E-state index in [2.05, 4.69) is 197 Å². The normalized spacial score (nSPS) is 11.1. The maximum absolute atomic E-state index is 5.38. The van der Waals surface area contributed by atoms with Crippen molar-refractivity contribution in [1.82, 2.24) is 0 Å². The average molecular weight is 737 g/mol. The molecule has 0 fully saturated rings. The third kappa shape index (κ3) is 8.18. The lowest BCUT2D eigenvalue weighted by molar-refractivity contribution is 0.185. The fourth-order valence-corrected chi connectivity index (χ4v) is 7.43. The van der Waals surface area contributed by atoms with E-state index in [0.29, 0.717) is 13.2 Å². The lowest BCUT2D eigenvalue weighted by Crippen LogP contribution is -2.12. The van der Waals surface area contributed by atoms with Crippen molar-refractivity contribution in [3.63, 3.8) is 0 Å². The lowest BCUT2D eigenvalue weighted by atomic mass is 9.97. The Hall–Kier alpha value is -5.94. The van der Waals surface area contributed by atoms with Crippen LogP contribution in [-0.2, 0) is 22.7 Å². The van der Waals surface area contributed by atoms with E-state index in [4.69, 9.17) is 9.47 Å². The highest BCUT2D eigenvalue weighted by Crippen LogP contribution is 2.41. The molecule has 0 aromatic heterocycles. The standard InChI is InChI=1S/C52H52N2O2/c1-35-9-21-49(31-37(35)3)53(47-23-11-41(12-24-47)33-55-7)51-27-19-45(29-39(51)5)43-15-17-44(18-16-43)46-20-28-52(40(6)30-46)54(50-22-10-36(2)38(4)32-50)48-25-13-42(14-26-48)34-56-8/h9-32H,33-34H2,1-8H3. The molecule has 0 spiro atoms. The molecule has 0 radical (unpaired) electrons. The number of hydrogen-bond acceptors (Lipinski definition) is 4. The van der Waals surface area contributed by atoms with Gasteiger partial charge in [0, 0.05) is 48.3 Å². The van der Waals surface area contributed by atoms with Gasteiger partial charge in [-0.25, -0.2) is 0 Å². The molecule has 0 aliphatic carbocycles. The smallest absolute Gasteiger partial charge is 0.0713 e. The van der Waals surface area contributed by atoms with Gasteiger partial charge in [-0.05, 0) is 181 Å². The number of nitrogens with zero attached hydrogens (tertiary/aromatic N) is 2. The molecule has 0 saturated carbocycles. The van der Waals surface area contributed by atoms with Crippen LogP contribution in [0.15, 0.2) is 146 Å². The molecule has 0 amide bonds. The molecule has 0 aliphatic rings. The number of methoxy groups -OCH3 is 2. The number of benzene rings is 7. The Morgan fingerprint density at radius 3 is 0.982 bits per heavy atom. The summed E-state index contributed by atoms with van der Waals surface area (Å²) in [6.07, 6.45) is 0. The lowest BCUT2D eigenvalue weighted by Gasteiger charge is -2.28. The van der Waals surface area contributed by atoms with Crippen LogP contribution in [0.25, 0.3) is 22.3 Å². The molecule has 7 aromatic carbocycles. The van der Waals surface area contributed by atoms with E-state index in [-0.39, 0.29) is 0 Å². The van der Waals surface area contributed by atoms with Gasteiger partial charge in [0.25, 0.3) is 0 Å². The second-order valence-corrected chi connectivity index (χ2v) is 15.0. The monoisotopic (exact) mass is 736 g/mol. The third-order valence-electron chi connectivity index (χ3n) is 10.9. The quantitative estimate of drug-likeness (QED) is 0.125. The van der Waals surface area contributed by atoms with Crippen LogP contribution in [0.2, 0.25) is 0 Å². The van der Waals surface area contributed by atoms with E-state index in [1.165, 1.54) is 55.6 Å². The Kier molecular flexibility index (Phi) is 11.5. The predicted molar refractivity (Wildman–Crippen MR) is 237 cm³/mol. The summed E-state index contributed by atoms with van der Waals surface area (Å²) in [6, 6.07) is 53.3. The van der Waals surface area contributed by atoms with Gasteiger partial charge in [0.2, 0.25) is 0 Å². The minimum Gasteiger partial charge on any atom is -0.380 e. The Balaban J connectivity index is 1.17. The van der Waals surface area contributed by atoms with Gasteiger partial charge in [-0.3, -0.25) is 0 Å². The van der Waals surface area contributed by atoms with Gasteiger partial charge in [-0.2, -0.15) is 0 Å². The van der Waals surface area contributed by atoms with Gasteiger partial charge in [0.1, 0.15) is 0 Å². The van der Waals surface area contributed by atoms with Crippen molar-refractivity contribution in [3.05, 3.63) is 190 Å². The zero-order chi connectivity index (χ0) is 39.3. The van der Waals surface area contributed by atoms with E-state index >= 15 is 0 Å². The van der Waals surface area contributed by atoms with Gasteiger partial charge < -0.3 is 19.3 Å².